The molecule has 0 radical (unpaired) electrons. The summed E-state index contributed by atoms with van der Waals surface area (Å²) in [5.74, 6) is 0. The first kappa shape index (κ1) is 9.85. The topological polar surface area (TPSA) is 74.2 Å². The molecule has 0 spiro atoms. The van der Waals surface area contributed by atoms with E-state index in [-0.39, 0.29) is 6.54 Å². The zero-order valence-corrected chi connectivity index (χ0v) is 6.64. The molecule has 1 fully saturated rings. The molecule has 1 saturated heterocycles. The van der Waals surface area contributed by atoms with Gasteiger partial charge in [0.1, 0.15) is 0 Å². The molecule has 6 nitrogen and oxygen atoms in total. The van der Waals surface area contributed by atoms with E-state index in [1.165, 1.54) is 0 Å². The summed E-state index contributed by atoms with van der Waals surface area (Å²) in [4.78, 5) is 5.85. The minimum absolute atomic E-state index is 0.198. The molecule has 72 valence electrons. The van der Waals surface area contributed by atoms with Crippen molar-refractivity contribution in [1.82, 2.24) is 4.90 Å². The van der Waals surface area contributed by atoms with Crippen LogP contribution in [0.15, 0.2) is 0 Å². The smallest absolute Gasteiger partial charge is 0.0594 e. The first-order valence-corrected chi connectivity index (χ1v) is 3.75. The molecule has 1 N–H and O–H groups in total. The van der Waals surface area contributed by atoms with Gasteiger partial charge in [-0.05, 0) is 0 Å². The zero-order chi connectivity index (χ0) is 8.81. The van der Waals surface area contributed by atoms with Gasteiger partial charge in [0.15, 0.2) is 0 Å². The Morgan fingerprint density at radius 2 is 2.17 bits per heavy atom. The third-order valence-corrected chi connectivity index (χ3v) is 1.66. The van der Waals surface area contributed by atoms with E-state index in [2.05, 4.69) is 9.93 Å². The summed E-state index contributed by atoms with van der Waals surface area (Å²) in [6.45, 7) is 2.89. The van der Waals surface area contributed by atoms with Crippen LogP contribution < -0.4 is 5.11 Å². The SMILES string of the molecule is [O-]C(CN1CCOCC1)OOO. The van der Waals surface area contributed by atoms with Gasteiger partial charge < -0.3 is 9.84 Å². The van der Waals surface area contributed by atoms with E-state index in [9.17, 15) is 5.11 Å². The number of ether oxygens (including phenoxy) is 1. The number of hydrogen-bond donors (Lipinski definition) is 1. The molecular weight excluding hydrogens is 166 g/mol. The van der Waals surface area contributed by atoms with Crippen LogP contribution in [-0.2, 0) is 14.7 Å². The van der Waals surface area contributed by atoms with E-state index in [1.807, 2.05) is 4.90 Å². The van der Waals surface area contributed by atoms with Gasteiger partial charge in [-0.1, -0.05) is 5.04 Å². The Morgan fingerprint density at radius 3 is 2.75 bits per heavy atom. The van der Waals surface area contributed by atoms with E-state index in [1.54, 1.807) is 0 Å². The second kappa shape index (κ2) is 5.41. The Kier molecular flexibility index (Phi) is 4.44. The molecule has 12 heavy (non-hydrogen) atoms. The lowest BCUT2D eigenvalue weighted by Crippen LogP contribution is -2.46. The van der Waals surface area contributed by atoms with E-state index >= 15 is 0 Å². The van der Waals surface area contributed by atoms with Crippen LogP contribution in [0.5, 0.6) is 0 Å². The van der Waals surface area contributed by atoms with Gasteiger partial charge in [0.2, 0.25) is 0 Å². The Hall–Kier alpha value is -0.240. The summed E-state index contributed by atoms with van der Waals surface area (Å²) >= 11 is 0. The molecule has 1 aliphatic heterocycles. The summed E-state index contributed by atoms with van der Waals surface area (Å²) in [5, 5.41) is 21.9. The predicted molar refractivity (Wildman–Crippen MR) is 35.8 cm³/mol. The Bertz CT molecular complexity index is 117. The maximum absolute atomic E-state index is 10.8. The summed E-state index contributed by atoms with van der Waals surface area (Å²) in [7, 11) is 0. The maximum atomic E-state index is 10.8. The van der Waals surface area contributed by atoms with Crippen LogP contribution in [0.2, 0.25) is 0 Å². The number of nitrogens with zero attached hydrogens (tertiary/aromatic N) is 1. The van der Waals surface area contributed by atoms with Gasteiger partial charge in [0.05, 0.1) is 13.2 Å². The van der Waals surface area contributed by atoms with Gasteiger partial charge >= 0.3 is 0 Å². The minimum Gasteiger partial charge on any atom is -0.828 e. The van der Waals surface area contributed by atoms with Gasteiger partial charge in [0.25, 0.3) is 0 Å². The first-order chi connectivity index (χ1) is 5.83. The van der Waals surface area contributed by atoms with Crippen molar-refractivity contribution in [2.24, 2.45) is 0 Å². The fraction of sp³-hybridized carbons (Fsp3) is 1.00. The van der Waals surface area contributed by atoms with Crippen molar-refractivity contribution in [3.8, 4) is 0 Å². The summed E-state index contributed by atoms with van der Waals surface area (Å²) in [5.41, 5.74) is 0. The average molecular weight is 178 g/mol. The van der Waals surface area contributed by atoms with Crippen molar-refractivity contribution in [2.75, 3.05) is 32.8 Å². The van der Waals surface area contributed by atoms with Crippen LogP contribution in [0.3, 0.4) is 0 Å². The highest BCUT2D eigenvalue weighted by Crippen LogP contribution is 1.97. The van der Waals surface area contributed by atoms with E-state index in [0.717, 1.165) is 0 Å². The van der Waals surface area contributed by atoms with Crippen LogP contribution in [0.25, 0.3) is 0 Å². The van der Waals surface area contributed by atoms with Crippen molar-refractivity contribution in [3.63, 3.8) is 0 Å². The second-order valence-electron chi connectivity index (χ2n) is 2.51. The highest BCUT2D eigenvalue weighted by atomic mass is 17.5. The van der Waals surface area contributed by atoms with Crippen molar-refractivity contribution in [3.05, 3.63) is 0 Å². The molecule has 1 heterocycles. The number of morpholine rings is 1. The highest BCUT2D eigenvalue weighted by Gasteiger charge is 2.11. The molecule has 0 aromatic heterocycles. The molecular formula is C6H12NO5-. The Balaban J connectivity index is 2.11. The summed E-state index contributed by atoms with van der Waals surface area (Å²) < 4.78 is 5.08. The first-order valence-electron chi connectivity index (χ1n) is 3.75. The largest absolute Gasteiger partial charge is 0.828 e. The molecule has 1 atom stereocenters. The predicted octanol–water partition coefficient (Wildman–Crippen LogP) is -1.57. The number of hydrogen-bond acceptors (Lipinski definition) is 6. The van der Waals surface area contributed by atoms with Gasteiger partial charge in [-0.25, -0.2) is 10.1 Å². The lowest BCUT2D eigenvalue weighted by Gasteiger charge is -2.31. The average Bonchev–Trinajstić information content (AvgIpc) is 2.06. The third-order valence-electron chi connectivity index (χ3n) is 1.66. The molecule has 1 rings (SSSR count). The van der Waals surface area contributed by atoms with Crippen molar-refractivity contribution in [1.29, 1.82) is 0 Å². The molecule has 1 aliphatic rings. The monoisotopic (exact) mass is 178 g/mol. The lowest BCUT2D eigenvalue weighted by molar-refractivity contribution is -0.620. The number of rotatable bonds is 4. The van der Waals surface area contributed by atoms with Gasteiger partial charge in [0, 0.05) is 25.9 Å². The fourth-order valence-corrected chi connectivity index (χ4v) is 1.07. The van der Waals surface area contributed by atoms with Crippen molar-refractivity contribution >= 4 is 0 Å². The minimum atomic E-state index is -1.37. The molecule has 0 saturated carbocycles. The van der Waals surface area contributed by atoms with Gasteiger partial charge in [-0.3, -0.25) is 4.90 Å². The van der Waals surface area contributed by atoms with E-state index < -0.39 is 6.29 Å². The van der Waals surface area contributed by atoms with E-state index in [0.29, 0.717) is 26.3 Å². The second-order valence-corrected chi connectivity index (χ2v) is 2.51. The van der Waals surface area contributed by atoms with Gasteiger partial charge in [-0.15, -0.1) is 0 Å². The molecule has 0 amide bonds. The molecule has 0 aromatic rings. The Morgan fingerprint density at radius 1 is 1.50 bits per heavy atom. The normalized spacial score (nSPS) is 22.5. The molecule has 0 bridgehead atoms. The van der Waals surface area contributed by atoms with Crippen LogP contribution in [0.1, 0.15) is 0 Å². The zero-order valence-electron chi connectivity index (χ0n) is 6.64. The van der Waals surface area contributed by atoms with E-state index in [4.69, 9.17) is 9.99 Å². The fourth-order valence-electron chi connectivity index (χ4n) is 1.07. The van der Waals surface area contributed by atoms with Crippen molar-refractivity contribution < 1.29 is 25.0 Å². The molecule has 6 heteroatoms. The molecule has 0 aromatic carbocycles. The third kappa shape index (κ3) is 3.44. The maximum Gasteiger partial charge on any atom is 0.0594 e. The standard InChI is InChI=1S/C6H12NO5/c8-6(11-12-9)5-7-1-3-10-4-2-7/h6,9H,1-5H2/q-1. The Labute approximate surface area is 70.1 Å². The quantitative estimate of drug-likeness (QED) is 0.318. The van der Waals surface area contributed by atoms with Crippen LogP contribution in [0.4, 0.5) is 0 Å². The molecule has 0 aliphatic carbocycles. The highest BCUT2D eigenvalue weighted by molar-refractivity contribution is 4.61. The molecule has 1 unspecified atom stereocenters. The summed E-state index contributed by atoms with van der Waals surface area (Å²) in [6.07, 6.45) is -1.37. The van der Waals surface area contributed by atoms with Gasteiger partial charge in [-0.2, -0.15) is 0 Å². The lowest BCUT2D eigenvalue weighted by atomic mass is 10.4. The van der Waals surface area contributed by atoms with Crippen LogP contribution >= 0.6 is 0 Å². The summed E-state index contributed by atoms with van der Waals surface area (Å²) in [6, 6.07) is 0. The van der Waals surface area contributed by atoms with Crippen LogP contribution in [-0.4, -0.2) is 49.3 Å². The van der Waals surface area contributed by atoms with Crippen LogP contribution in [0, 0.1) is 0 Å². The van der Waals surface area contributed by atoms with Crippen molar-refractivity contribution in [2.45, 2.75) is 6.29 Å².